The Bertz CT molecular complexity index is 644. The van der Waals surface area contributed by atoms with Gasteiger partial charge in [0.05, 0.1) is 0 Å². The van der Waals surface area contributed by atoms with Gasteiger partial charge in [-0.3, -0.25) is 0 Å². The average molecular weight is 312 g/mol. The fourth-order valence-electron chi connectivity index (χ4n) is 3.37. The van der Waals surface area contributed by atoms with E-state index in [2.05, 4.69) is 22.3 Å². The monoisotopic (exact) mass is 312 g/mol. The predicted molar refractivity (Wildman–Crippen MR) is 93.5 cm³/mol. The molecule has 5 heteroatoms. The Hall–Kier alpha value is -2.43. The van der Waals surface area contributed by atoms with Crippen LogP contribution >= 0.6 is 0 Å². The minimum absolute atomic E-state index is 0.184. The molecule has 1 heterocycles. The standard InChI is InChI=1S/C18H24N4O/c1-22-10-9-20-17(19)12-16(14-7-4-8-15(23)11-14)21-18(22)13-5-2-3-6-13/h4,7-13,18,21,23H,2-3,5-6H2,1H3,(H2,19,20)/b10-9-,16-12+. The first-order valence-electron chi connectivity index (χ1n) is 8.13. The van der Waals surface area contributed by atoms with Gasteiger partial charge in [0.1, 0.15) is 17.8 Å². The summed E-state index contributed by atoms with van der Waals surface area (Å²) in [7, 11) is 2.06. The van der Waals surface area contributed by atoms with Crippen molar-refractivity contribution in [2.45, 2.75) is 31.8 Å². The number of rotatable bonds is 2. The number of nitrogens with one attached hydrogen (secondary N) is 1. The van der Waals surface area contributed by atoms with Crippen molar-refractivity contribution in [2.24, 2.45) is 16.6 Å². The Morgan fingerprint density at radius 3 is 2.83 bits per heavy atom. The zero-order valence-corrected chi connectivity index (χ0v) is 13.4. The molecule has 1 aliphatic heterocycles. The largest absolute Gasteiger partial charge is 0.508 e. The highest BCUT2D eigenvalue weighted by atomic mass is 16.3. The van der Waals surface area contributed by atoms with Crippen LogP contribution in [0.2, 0.25) is 0 Å². The smallest absolute Gasteiger partial charge is 0.125 e. The lowest BCUT2D eigenvalue weighted by molar-refractivity contribution is 0.215. The van der Waals surface area contributed by atoms with E-state index < -0.39 is 0 Å². The number of hydrogen-bond acceptors (Lipinski definition) is 5. The van der Waals surface area contributed by atoms with Crippen LogP contribution in [0.15, 0.2) is 47.7 Å². The Balaban J connectivity index is 1.97. The molecule has 2 aliphatic rings. The number of phenolic OH excluding ortho intramolecular Hbond substituents is 1. The van der Waals surface area contributed by atoms with Crippen LogP contribution in [0.4, 0.5) is 0 Å². The van der Waals surface area contributed by atoms with Gasteiger partial charge in [-0.1, -0.05) is 25.0 Å². The number of amidine groups is 1. The molecule has 5 nitrogen and oxygen atoms in total. The van der Waals surface area contributed by atoms with E-state index >= 15 is 0 Å². The summed E-state index contributed by atoms with van der Waals surface area (Å²) < 4.78 is 0. The molecule has 0 amide bonds. The third-order valence-corrected chi connectivity index (χ3v) is 4.56. The molecular formula is C18H24N4O. The summed E-state index contributed by atoms with van der Waals surface area (Å²) in [6.45, 7) is 0. The molecule has 3 rings (SSSR count). The predicted octanol–water partition coefficient (Wildman–Crippen LogP) is 2.61. The highest BCUT2D eigenvalue weighted by molar-refractivity contribution is 5.98. The molecule has 0 bridgehead atoms. The Morgan fingerprint density at radius 1 is 1.30 bits per heavy atom. The maximum Gasteiger partial charge on any atom is 0.125 e. The summed E-state index contributed by atoms with van der Waals surface area (Å²) in [4.78, 5) is 6.41. The molecule has 4 N–H and O–H groups in total. The number of hydrogen-bond donors (Lipinski definition) is 3. The van der Waals surface area contributed by atoms with Gasteiger partial charge in [-0.25, -0.2) is 4.99 Å². The summed E-state index contributed by atoms with van der Waals surface area (Å²) in [5, 5.41) is 13.4. The van der Waals surface area contributed by atoms with Gasteiger partial charge < -0.3 is 21.1 Å². The number of aliphatic imine (C=N–C) groups is 1. The fourth-order valence-corrected chi connectivity index (χ4v) is 3.37. The van der Waals surface area contributed by atoms with Gasteiger partial charge in [0, 0.05) is 36.8 Å². The zero-order chi connectivity index (χ0) is 16.2. The first-order valence-corrected chi connectivity index (χ1v) is 8.13. The highest BCUT2D eigenvalue weighted by Crippen LogP contribution is 2.31. The molecule has 0 radical (unpaired) electrons. The van der Waals surface area contributed by atoms with Gasteiger partial charge >= 0.3 is 0 Å². The lowest BCUT2D eigenvalue weighted by Gasteiger charge is -2.34. The van der Waals surface area contributed by atoms with Crippen molar-refractivity contribution in [3.05, 3.63) is 48.3 Å². The van der Waals surface area contributed by atoms with Crippen LogP contribution in [-0.4, -0.2) is 29.1 Å². The third-order valence-electron chi connectivity index (χ3n) is 4.56. The lowest BCUT2D eigenvalue weighted by Crippen LogP contribution is -2.44. The molecule has 1 aliphatic carbocycles. The van der Waals surface area contributed by atoms with Crippen molar-refractivity contribution >= 4 is 11.5 Å². The van der Waals surface area contributed by atoms with Crippen molar-refractivity contribution < 1.29 is 5.11 Å². The molecule has 0 aromatic heterocycles. The second-order valence-corrected chi connectivity index (χ2v) is 6.26. The Morgan fingerprint density at radius 2 is 2.09 bits per heavy atom. The second kappa shape index (κ2) is 6.77. The topological polar surface area (TPSA) is 73.9 Å². The minimum Gasteiger partial charge on any atom is -0.508 e. The highest BCUT2D eigenvalue weighted by Gasteiger charge is 2.28. The first kappa shape index (κ1) is 15.5. The third kappa shape index (κ3) is 3.67. The molecule has 122 valence electrons. The van der Waals surface area contributed by atoms with E-state index in [4.69, 9.17) is 5.73 Å². The van der Waals surface area contributed by atoms with E-state index in [0.717, 1.165) is 11.3 Å². The molecule has 23 heavy (non-hydrogen) atoms. The van der Waals surface area contributed by atoms with Crippen LogP contribution in [0.1, 0.15) is 31.2 Å². The number of phenols is 1. The molecule has 1 aromatic carbocycles. The van der Waals surface area contributed by atoms with E-state index in [1.54, 1.807) is 18.3 Å². The molecule has 1 atom stereocenters. The van der Waals surface area contributed by atoms with Crippen molar-refractivity contribution in [1.82, 2.24) is 10.2 Å². The van der Waals surface area contributed by atoms with E-state index in [1.165, 1.54) is 25.7 Å². The summed E-state index contributed by atoms with van der Waals surface area (Å²) >= 11 is 0. The molecule has 1 unspecified atom stereocenters. The maximum atomic E-state index is 9.78. The van der Waals surface area contributed by atoms with E-state index in [1.807, 2.05) is 24.4 Å². The molecule has 0 saturated heterocycles. The molecule has 1 saturated carbocycles. The van der Waals surface area contributed by atoms with Crippen LogP contribution < -0.4 is 11.1 Å². The summed E-state index contributed by atoms with van der Waals surface area (Å²) in [5.41, 5.74) is 7.77. The summed E-state index contributed by atoms with van der Waals surface area (Å²) in [6.07, 6.45) is 10.7. The summed E-state index contributed by atoms with van der Waals surface area (Å²) in [6, 6.07) is 7.20. The number of nitrogens with two attached hydrogens (primary N) is 1. The van der Waals surface area contributed by atoms with E-state index in [0.29, 0.717) is 11.8 Å². The quantitative estimate of drug-likeness (QED) is 0.785. The minimum atomic E-state index is 0.184. The zero-order valence-electron chi connectivity index (χ0n) is 13.4. The maximum absolute atomic E-state index is 9.78. The molecular weight excluding hydrogens is 288 g/mol. The van der Waals surface area contributed by atoms with Gasteiger partial charge in [-0.05, 0) is 30.9 Å². The van der Waals surface area contributed by atoms with Crippen molar-refractivity contribution in [1.29, 1.82) is 0 Å². The van der Waals surface area contributed by atoms with Gasteiger partial charge in [-0.2, -0.15) is 0 Å². The average Bonchev–Trinajstić information content (AvgIpc) is 3.05. The van der Waals surface area contributed by atoms with Crippen LogP contribution in [0, 0.1) is 5.92 Å². The van der Waals surface area contributed by atoms with Gasteiger partial charge in [0.2, 0.25) is 0 Å². The van der Waals surface area contributed by atoms with Crippen molar-refractivity contribution in [2.75, 3.05) is 7.05 Å². The van der Waals surface area contributed by atoms with Gasteiger partial charge in [-0.15, -0.1) is 0 Å². The van der Waals surface area contributed by atoms with Crippen molar-refractivity contribution in [3.8, 4) is 5.75 Å². The fraction of sp³-hybridized carbons (Fsp3) is 0.389. The molecule has 1 aromatic rings. The van der Waals surface area contributed by atoms with Crippen LogP contribution in [0.5, 0.6) is 5.75 Å². The SMILES string of the molecule is CN1\C=C/N=C(N)\C=C(/c2cccc(O)c2)NC1C1CCCC1. The van der Waals surface area contributed by atoms with Crippen LogP contribution in [0.3, 0.4) is 0 Å². The number of nitrogens with zero attached hydrogens (tertiary/aromatic N) is 2. The molecule has 0 spiro atoms. The van der Waals surface area contributed by atoms with Crippen molar-refractivity contribution in [3.63, 3.8) is 0 Å². The Kier molecular flexibility index (Phi) is 4.55. The van der Waals surface area contributed by atoms with E-state index in [-0.39, 0.29) is 11.9 Å². The molecule has 1 fully saturated rings. The number of benzene rings is 1. The first-order chi connectivity index (χ1) is 11.1. The number of aromatic hydroxyl groups is 1. The van der Waals surface area contributed by atoms with Gasteiger partial charge in [0.15, 0.2) is 0 Å². The normalized spacial score (nSPS) is 28.6. The summed E-state index contributed by atoms with van der Waals surface area (Å²) in [5.74, 6) is 1.27. The second-order valence-electron chi connectivity index (χ2n) is 6.26. The lowest BCUT2D eigenvalue weighted by atomic mass is 10.0. The van der Waals surface area contributed by atoms with E-state index in [9.17, 15) is 5.11 Å². The van der Waals surface area contributed by atoms with Crippen LogP contribution in [0.25, 0.3) is 5.70 Å². The Labute approximate surface area is 137 Å². The van der Waals surface area contributed by atoms with Gasteiger partial charge in [0.25, 0.3) is 0 Å². The van der Waals surface area contributed by atoms with Crippen LogP contribution in [-0.2, 0) is 0 Å².